The van der Waals surface area contributed by atoms with Crippen molar-refractivity contribution in [2.45, 2.75) is 38.6 Å². The Morgan fingerprint density at radius 1 is 1.53 bits per heavy atom. The molecule has 5 heteroatoms. The fourth-order valence-corrected chi connectivity index (χ4v) is 3.78. The minimum Gasteiger partial charge on any atom is -0.344 e. The summed E-state index contributed by atoms with van der Waals surface area (Å²) in [5, 5.41) is 1.02. The third kappa shape index (κ3) is 3.15. The van der Waals surface area contributed by atoms with Gasteiger partial charge in [0.2, 0.25) is 0 Å². The lowest BCUT2D eigenvalue weighted by atomic mass is 10.1. The molecule has 1 aliphatic rings. The Morgan fingerprint density at radius 2 is 2.26 bits per heavy atom. The molecule has 2 rings (SSSR count). The molecule has 1 unspecified atom stereocenters. The second kappa shape index (κ2) is 6.01. The number of anilines is 1. The molecule has 1 aromatic heterocycles. The van der Waals surface area contributed by atoms with Gasteiger partial charge >= 0.3 is 0 Å². The van der Waals surface area contributed by atoms with E-state index < -0.39 is 0 Å². The molecule has 0 radical (unpaired) electrons. The van der Waals surface area contributed by atoms with Crippen molar-refractivity contribution >= 4 is 22.8 Å². The molecule has 4 nitrogen and oxygen atoms in total. The zero-order valence-corrected chi connectivity index (χ0v) is 13.0. The van der Waals surface area contributed by atoms with Crippen LogP contribution in [-0.2, 0) is 0 Å². The lowest BCUT2D eigenvalue weighted by molar-refractivity contribution is 0.112. The Hall–Kier alpha value is -0.940. The van der Waals surface area contributed by atoms with Crippen LogP contribution >= 0.6 is 11.3 Å². The van der Waals surface area contributed by atoms with Gasteiger partial charge in [-0.15, -0.1) is 0 Å². The van der Waals surface area contributed by atoms with Crippen molar-refractivity contribution in [2.24, 2.45) is 0 Å². The topological polar surface area (TPSA) is 36.4 Å². The van der Waals surface area contributed by atoms with Crippen molar-refractivity contribution in [1.82, 2.24) is 9.88 Å². The van der Waals surface area contributed by atoms with Crippen LogP contribution in [0.3, 0.4) is 0 Å². The van der Waals surface area contributed by atoms with E-state index in [1.165, 1.54) is 12.8 Å². The van der Waals surface area contributed by atoms with E-state index in [4.69, 9.17) is 4.98 Å². The predicted octanol–water partition coefficient (Wildman–Crippen LogP) is 2.61. The van der Waals surface area contributed by atoms with Crippen molar-refractivity contribution < 1.29 is 4.79 Å². The molecule has 1 fully saturated rings. The van der Waals surface area contributed by atoms with Gasteiger partial charge in [0.1, 0.15) is 0 Å². The molecular formula is C14H23N3OS. The summed E-state index contributed by atoms with van der Waals surface area (Å²) in [5.74, 6) is 0.306. The molecule has 0 N–H and O–H groups in total. The average molecular weight is 281 g/mol. The van der Waals surface area contributed by atoms with Gasteiger partial charge in [-0.3, -0.25) is 4.79 Å². The molecule has 106 valence electrons. The molecule has 1 atom stereocenters. The lowest BCUT2D eigenvalue weighted by Gasteiger charge is -2.26. The van der Waals surface area contributed by atoms with E-state index in [-0.39, 0.29) is 0 Å². The van der Waals surface area contributed by atoms with Gasteiger partial charge in [0, 0.05) is 19.1 Å². The molecule has 2 heterocycles. The molecule has 1 saturated heterocycles. The van der Waals surface area contributed by atoms with Crippen LogP contribution < -0.4 is 4.90 Å². The molecule has 0 spiro atoms. The van der Waals surface area contributed by atoms with Crippen molar-refractivity contribution in [3.8, 4) is 0 Å². The summed E-state index contributed by atoms with van der Waals surface area (Å²) in [6.45, 7) is 6.29. The molecule has 1 aliphatic heterocycles. The molecule has 0 aromatic carbocycles. The fraction of sp³-hybridized carbons (Fsp3) is 0.714. The predicted molar refractivity (Wildman–Crippen MR) is 80.5 cm³/mol. The van der Waals surface area contributed by atoms with Gasteiger partial charge in [-0.1, -0.05) is 25.2 Å². The molecule has 0 saturated carbocycles. The van der Waals surface area contributed by atoms with E-state index in [0.717, 1.165) is 35.1 Å². The molecule has 0 bridgehead atoms. The summed E-state index contributed by atoms with van der Waals surface area (Å²) in [6.07, 6.45) is 3.38. The van der Waals surface area contributed by atoms with Gasteiger partial charge in [0.25, 0.3) is 0 Å². The number of hydrogen-bond acceptors (Lipinski definition) is 5. The first-order valence-corrected chi connectivity index (χ1v) is 7.71. The number of carbonyl (C=O) groups is 1. The molecule has 0 amide bonds. The molecular weight excluding hydrogens is 258 g/mol. The zero-order chi connectivity index (χ0) is 14.0. The average Bonchev–Trinajstić information content (AvgIpc) is 2.93. The van der Waals surface area contributed by atoms with Gasteiger partial charge in [-0.05, 0) is 32.9 Å². The highest BCUT2D eigenvalue weighted by molar-refractivity contribution is 7.17. The van der Waals surface area contributed by atoms with Crippen LogP contribution in [-0.4, -0.2) is 49.4 Å². The number of aldehydes is 1. The van der Waals surface area contributed by atoms with Crippen molar-refractivity contribution in [3.05, 3.63) is 10.6 Å². The number of aromatic nitrogens is 1. The highest BCUT2D eigenvalue weighted by Gasteiger charge is 2.28. The van der Waals surface area contributed by atoms with Gasteiger partial charge in [-0.25, -0.2) is 4.98 Å². The van der Waals surface area contributed by atoms with Gasteiger partial charge in [0.15, 0.2) is 11.4 Å². The molecule has 19 heavy (non-hydrogen) atoms. The zero-order valence-electron chi connectivity index (χ0n) is 12.2. The molecule has 1 aromatic rings. The van der Waals surface area contributed by atoms with Crippen LogP contribution in [0, 0.1) is 0 Å². The summed E-state index contributed by atoms with van der Waals surface area (Å²) < 4.78 is 0. The monoisotopic (exact) mass is 281 g/mol. The summed E-state index contributed by atoms with van der Waals surface area (Å²) in [7, 11) is 4.21. The first-order chi connectivity index (χ1) is 9.02. The number of hydrogen-bond donors (Lipinski definition) is 0. The summed E-state index contributed by atoms with van der Waals surface area (Å²) in [5.41, 5.74) is 0.950. The van der Waals surface area contributed by atoms with Crippen molar-refractivity contribution in [1.29, 1.82) is 0 Å². The Balaban J connectivity index is 2.23. The highest BCUT2D eigenvalue weighted by atomic mass is 32.1. The van der Waals surface area contributed by atoms with E-state index in [2.05, 4.69) is 37.7 Å². The number of rotatable bonds is 5. The Kier molecular flexibility index (Phi) is 4.58. The molecule has 0 aliphatic carbocycles. The smallest absolute Gasteiger partial charge is 0.186 e. The minimum absolute atomic E-state index is 0.306. The van der Waals surface area contributed by atoms with Gasteiger partial charge in [-0.2, -0.15) is 0 Å². The van der Waals surface area contributed by atoms with Crippen molar-refractivity contribution in [3.63, 3.8) is 0 Å². The maximum Gasteiger partial charge on any atom is 0.186 e. The number of likely N-dealkylation sites (N-methyl/N-ethyl adjacent to an activating group) is 1. The third-order valence-corrected chi connectivity index (χ3v) is 4.56. The van der Waals surface area contributed by atoms with Crippen LogP contribution in [0.15, 0.2) is 0 Å². The number of thiazole rings is 1. The first-order valence-electron chi connectivity index (χ1n) is 6.90. The first kappa shape index (κ1) is 14.5. The van der Waals surface area contributed by atoms with E-state index in [9.17, 15) is 4.79 Å². The standard InChI is InChI=1S/C14H23N3OS/c1-10(2)13-12(9-18)19-14(15-13)17-7-5-6-11(17)8-16(3)4/h9-11H,5-8H2,1-4H3. The van der Waals surface area contributed by atoms with Gasteiger partial charge < -0.3 is 9.80 Å². The maximum atomic E-state index is 11.2. The van der Waals surface area contributed by atoms with E-state index >= 15 is 0 Å². The summed E-state index contributed by atoms with van der Waals surface area (Å²) in [6, 6.07) is 0.528. The highest BCUT2D eigenvalue weighted by Crippen LogP contribution is 2.33. The van der Waals surface area contributed by atoms with Crippen LogP contribution in [0.4, 0.5) is 5.13 Å². The van der Waals surface area contributed by atoms with Crippen molar-refractivity contribution in [2.75, 3.05) is 32.1 Å². The number of nitrogens with zero attached hydrogens (tertiary/aromatic N) is 3. The summed E-state index contributed by atoms with van der Waals surface area (Å²) in [4.78, 5) is 21.3. The lowest BCUT2D eigenvalue weighted by Crippen LogP contribution is -2.37. The Labute approximate surface area is 119 Å². The van der Waals surface area contributed by atoms with Crippen LogP contribution in [0.5, 0.6) is 0 Å². The fourth-order valence-electron chi connectivity index (χ4n) is 2.65. The van der Waals surface area contributed by atoms with Crippen LogP contribution in [0.1, 0.15) is 48.0 Å². The van der Waals surface area contributed by atoms with Crippen LogP contribution in [0.2, 0.25) is 0 Å². The van der Waals surface area contributed by atoms with Crippen LogP contribution in [0.25, 0.3) is 0 Å². The Morgan fingerprint density at radius 3 is 2.79 bits per heavy atom. The van der Waals surface area contributed by atoms with E-state index in [1.54, 1.807) is 11.3 Å². The third-order valence-electron chi connectivity index (χ3n) is 3.52. The second-order valence-electron chi connectivity index (χ2n) is 5.77. The quantitative estimate of drug-likeness (QED) is 0.777. The van der Waals surface area contributed by atoms with E-state index in [0.29, 0.717) is 12.0 Å². The normalized spacial score (nSPS) is 19.7. The Bertz CT molecular complexity index is 442. The maximum absolute atomic E-state index is 11.2. The largest absolute Gasteiger partial charge is 0.344 e. The van der Waals surface area contributed by atoms with Gasteiger partial charge in [0.05, 0.1) is 10.6 Å². The SMILES string of the molecule is CC(C)c1nc(N2CCCC2CN(C)C)sc1C=O. The summed E-state index contributed by atoms with van der Waals surface area (Å²) >= 11 is 1.54. The minimum atomic E-state index is 0.306. The second-order valence-corrected chi connectivity index (χ2v) is 6.78. The number of carbonyl (C=O) groups excluding carboxylic acids is 1. The van der Waals surface area contributed by atoms with E-state index in [1.807, 2.05) is 0 Å².